The molecule has 190 valence electrons. The minimum Gasteiger partial charge on any atom is -0.379 e. The van der Waals surface area contributed by atoms with Gasteiger partial charge >= 0.3 is 0 Å². The number of aromatic nitrogens is 2. The molecule has 3 aromatic rings. The largest absolute Gasteiger partial charge is 0.379 e. The third-order valence-corrected chi connectivity index (χ3v) is 8.45. The highest BCUT2D eigenvalue weighted by Gasteiger charge is 2.26. The van der Waals surface area contributed by atoms with Gasteiger partial charge in [0, 0.05) is 62.4 Å². The van der Waals surface area contributed by atoms with E-state index >= 15 is 0 Å². The van der Waals surface area contributed by atoms with Gasteiger partial charge in [-0.05, 0) is 42.9 Å². The molecule has 5 rings (SSSR count). The van der Waals surface area contributed by atoms with Gasteiger partial charge < -0.3 is 25.6 Å². The Hall–Kier alpha value is -3.25. The van der Waals surface area contributed by atoms with E-state index in [2.05, 4.69) is 44.3 Å². The van der Waals surface area contributed by atoms with Gasteiger partial charge in [-0.3, -0.25) is 0 Å². The molecule has 10 nitrogen and oxygen atoms in total. The summed E-state index contributed by atoms with van der Waals surface area (Å²) in [4.78, 5) is 13.5. The number of morpholine rings is 1. The zero-order valence-electron chi connectivity index (χ0n) is 20.3. The van der Waals surface area contributed by atoms with Gasteiger partial charge in [0.1, 0.15) is 5.82 Å². The van der Waals surface area contributed by atoms with Crippen LogP contribution in [-0.4, -0.2) is 87.1 Å². The number of rotatable bonds is 6. The Morgan fingerprint density at radius 2 is 1.69 bits per heavy atom. The first kappa shape index (κ1) is 24.4. The first-order valence-corrected chi connectivity index (χ1v) is 13.5. The Balaban J connectivity index is 1.39. The molecule has 0 unspecified atom stereocenters. The van der Waals surface area contributed by atoms with Crippen LogP contribution in [0.1, 0.15) is 0 Å². The molecular weight excluding hydrogens is 478 g/mol. The number of hydrogen-bond acceptors (Lipinski definition) is 9. The summed E-state index contributed by atoms with van der Waals surface area (Å²) >= 11 is 0. The van der Waals surface area contributed by atoms with E-state index in [1.165, 1.54) is 9.99 Å². The van der Waals surface area contributed by atoms with Gasteiger partial charge in [0.05, 0.1) is 18.1 Å². The lowest BCUT2D eigenvalue weighted by atomic mass is 10.1. The van der Waals surface area contributed by atoms with Crippen LogP contribution >= 0.6 is 0 Å². The van der Waals surface area contributed by atoms with Crippen LogP contribution in [0.25, 0.3) is 11.1 Å². The van der Waals surface area contributed by atoms with Crippen molar-refractivity contribution in [1.29, 1.82) is 0 Å². The summed E-state index contributed by atoms with van der Waals surface area (Å²) in [6.45, 7) is 5.56. The van der Waals surface area contributed by atoms with Crippen molar-refractivity contribution in [2.24, 2.45) is 0 Å². The molecule has 0 saturated carbocycles. The summed E-state index contributed by atoms with van der Waals surface area (Å²) in [6.07, 6.45) is 1.68. The predicted octanol–water partition coefficient (Wildman–Crippen LogP) is 2.24. The lowest BCUT2D eigenvalue weighted by Gasteiger charge is -2.34. The van der Waals surface area contributed by atoms with Crippen molar-refractivity contribution in [3.8, 4) is 11.1 Å². The van der Waals surface area contributed by atoms with Crippen LogP contribution in [0.15, 0.2) is 59.6 Å². The molecule has 3 heterocycles. The van der Waals surface area contributed by atoms with Crippen molar-refractivity contribution in [2.75, 3.05) is 75.5 Å². The molecular formula is C25H31N7O3S. The number of likely N-dealkylation sites (N-methyl/N-ethyl adjacent to an activating group) is 1. The molecule has 2 fully saturated rings. The number of anilines is 4. The quantitative estimate of drug-likeness (QED) is 0.516. The number of piperazine rings is 1. The van der Waals surface area contributed by atoms with E-state index in [4.69, 9.17) is 10.5 Å². The van der Waals surface area contributed by atoms with Gasteiger partial charge in [-0.15, -0.1) is 0 Å². The van der Waals surface area contributed by atoms with Crippen molar-refractivity contribution in [1.82, 2.24) is 19.2 Å². The molecule has 2 aliphatic rings. The predicted molar refractivity (Wildman–Crippen MR) is 141 cm³/mol. The fraction of sp³-hybridized carbons (Fsp3) is 0.360. The molecule has 3 N–H and O–H groups in total. The van der Waals surface area contributed by atoms with E-state index < -0.39 is 10.0 Å². The summed E-state index contributed by atoms with van der Waals surface area (Å²) in [5.74, 6) is 0.642. The van der Waals surface area contributed by atoms with Crippen molar-refractivity contribution in [3.63, 3.8) is 0 Å². The lowest BCUT2D eigenvalue weighted by Crippen LogP contribution is -2.44. The molecule has 0 amide bonds. The van der Waals surface area contributed by atoms with Crippen LogP contribution in [0.3, 0.4) is 0 Å². The normalized spacial score (nSPS) is 17.8. The summed E-state index contributed by atoms with van der Waals surface area (Å²) < 4.78 is 33.0. The zero-order valence-corrected chi connectivity index (χ0v) is 21.1. The number of hydrogen-bond donors (Lipinski definition) is 2. The third-order valence-electron chi connectivity index (χ3n) is 6.56. The second-order valence-electron chi connectivity index (χ2n) is 9.00. The Morgan fingerprint density at radius 1 is 0.972 bits per heavy atom. The molecule has 0 radical (unpaired) electrons. The monoisotopic (exact) mass is 509 g/mol. The van der Waals surface area contributed by atoms with Crippen molar-refractivity contribution < 1.29 is 13.2 Å². The van der Waals surface area contributed by atoms with Crippen LogP contribution in [0.5, 0.6) is 0 Å². The number of sulfonamides is 1. The molecule has 36 heavy (non-hydrogen) atoms. The van der Waals surface area contributed by atoms with E-state index in [1.54, 1.807) is 30.5 Å². The van der Waals surface area contributed by atoms with E-state index in [0.29, 0.717) is 37.8 Å². The fourth-order valence-corrected chi connectivity index (χ4v) is 5.88. The van der Waals surface area contributed by atoms with Gasteiger partial charge in [0.25, 0.3) is 0 Å². The van der Waals surface area contributed by atoms with Crippen LogP contribution < -0.4 is 16.0 Å². The average molecular weight is 510 g/mol. The first-order valence-electron chi connectivity index (χ1n) is 12.0. The van der Waals surface area contributed by atoms with E-state index in [1.807, 2.05) is 12.1 Å². The number of nitrogens with one attached hydrogen (secondary N) is 1. The van der Waals surface area contributed by atoms with Crippen molar-refractivity contribution >= 4 is 33.2 Å². The maximum atomic E-state index is 13.1. The van der Waals surface area contributed by atoms with Crippen LogP contribution in [0.4, 0.5) is 23.1 Å². The highest BCUT2D eigenvalue weighted by molar-refractivity contribution is 7.89. The van der Waals surface area contributed by atoms with Crippen LogP contribution in [0.2, 0.25) is 0 Å². The topological polar surface area (TPSA) is 117 Å². The molecule has 0 aliphatic carbocycles. The van der Waals surface area contributed by atoms with Crippen LogP contribution in [0, 0.1) is 0 Å². The maximum Gasteiger partial charge on any atom is 0.243 e. The van der Waals surface area contributed by atoms with Gasteiger partial charge in [-0.1, -0.05) is 18.2 Å². The van der Waals surface area contributed by atoms with Gasteiger partial charge in [-0.2, -0.15) is 9.29 Å². The first-order chi connectivity index (χ1) is 17.4. The highest BCUT2D eigenvalue weighted by Crippen LogP contribution is 2.31. The smallest absolute Gasteiger partial charge is 0.243 e. The average Bonchev–Trinajstić information content (AvgIpc) is 2.90. The second-order valence-corrected chi connectivity index (χ2v) is 10.9. The van der Waals surface area contributed by atoms with Crippen molar-refractivity contribution in [2.45, 2.75) is 4.90 Å². The minimum absolute atomic E-state index is 0.132. The molecule has 11 heteroatoms. The minimum atomic E-state index is -3.62. The Labute approximate surface area is 211 Å². The van der Waals surface area contributed by atoms with Gasteiger partial charge in [0.2, 0.25) is 16.0 Å². The number of benzene rings is 2. The number of nitrogen functional groups attached to an aromatic ring is 1. The zero-order chi connectivity index (χ0) is 25.1. The second kappa shape index (κ2) is 10.4. The highest BCUT2D eigenvalue weighted by atomic mass is 32.2. The number of ether oxygens (including phenoxy) is 1. The number of nitrogens with zero attached hydrogens (tertiary/aromatic N) is 5. The fourth-order valence-electron chi connectivity index (χ4n) is 4.43. The van der Waals surface area contributed by atoms with Crippen molar-refractivity contribution in [3.05, 3.63) is 54.7 Å². The van der Waals surface area contributed by atoms with E-state index in [0.717, 1.165) is 37.3 Å². The lowest BCUT2D eigenvalue weighted by molar-refractivity contribution is 0.0730. The summed E-state index contributed by atoms with van der Waals surface area (Å²) in [5, 5.41) is 3.26. The Kier molecular flexibility index (Phi) is 7.06. The Morgan fingerprint density at radius 3 is 2.42 bits per heavy atom. The van der Waals surface area contributed by atoms with E-state index in [-0.39, 0.29) is 10.8 Å². The maximum absolute atomic E-state index is 13.1. The number of nitrogens with two attached hydrogens (primary N) is 1. The standard InChI is InChI=1S/C25H31N7O3S/c1-30-9-11-31(12-10-30)21-7-5-19(6-8-21)23-18-27-25(26)29-24(23)28-20-3-2-4-22(17-20)36(33,34)32-13-15-35-16-14-32/h2-8,17-18H,9-16H2,1H3,(H3,26,27,28,29). The third kappa shape index (κ3) is 5.29. The molecule has 2 saturated heterocycles. The summed E-state index contributed by atoms with van der Waals surface area (Å²) in [5.41, 5.74) is 9.39. The molecule has 0 spiro atoms. The molecule has 1 aromatic heterocycles. The summed E-state index contributed by atoms with van der Waals surface area (Å²) in [7, 11) is -1.48. The molecule has 0 bridgehead atoms. The van der Waals surface area contributed by atoms with Gasteiger partial charge in [-0.25, -0.2) is 13.4 Å². The van der Waals surface area contributed by atoms with E-state index in [9.17, 15) is 8.42 Å². The Bertz CT molecular complexity index is 1300. The SMILES string of the molecule is CN1CCN(c2ccc(-c3cnc(N)nc3Nc3cccc(S(=O)(=O)N4CCOCC4)c3)cc2)CC1. The van der Waals surface area contributed by atoms with Crippen LogP contribution in [-0.2, 0) is 14.8 Å². The molecule has 2 aromatic carbocycles. The summed E-state index contributed by atoms with van der Waals surface area (Å²) in [6, 6.07) is 15.0. The molecule has 0 atom stereocenters. The van der Waals surface area contributed by atoms with Gasteiger partial charge in [0.15, 0.2) is 0 Å². The molecule has 2 aliphatic heterocycles.